The number of nitrogens with zero attached hydrogens (tertiary/aromatic N) is 3. The van der Waals surface area contributed by atoms with E-state index in [2.05, 4.69) is 85.5 Å². The summed E-state index contributed by atoms with van der Waals surface area (Å²) in [5.41, 5.74) is 8.89. The number of nitrogens with one attached hydrogen (secondary N) is 1. The Bertz CT molecular complexity index is 1420. The van der Waals surface area contributed by atoms with E-state index in [1.165, 1.54) is 22.3 Å². The van der Waals surface area contributed by atoms with E-state index in [9.17, 15) is 0 Å². The van der Waals surface area contributed by atoms with Crippen molar-refractivity contribution < 1.29 is 4.52 Å². The molecule has 2 heterocycles. The van der Waals surface area contributed by atoms with Crippen LogP contribution in [0.5, 0.6) is 0 Å². The van der Waals surface area contributed by atoms with Crippen LogP contribution in [0.25, 0.3) is 17.0 Å². The van der Waals surface area contributed by atoms with Gasteiger partial charge in [-0.05, 0) is 67.7 Å². The van der Waals surface area contributed by atoms with Gasteiger partial charge in [-0.25, -0.2) is 0 Å². The van der Waals surface area contributed by atoms with E-state index in [0.717, 1.165) is 22.4 Å². The molecule has 176 valence electrons. The minimum Gasteiger partial charge on any atom is -0.351 e. The van der Waals surface area contributed by atoms with Crippen LogP contribution >= 0.6 is 12.2 Å². The minimum absolute atomic E-state index is 0.195. The van der Waals surface area contributed by atoms with Crippen molar-refractivity contribution >= 4 is 22.9 Å². The lowest BCUT2D eigenvalue weighted by Gasteiger charge is -2.37. The Labute approximate surface area is 211 Å². The van der Waals surface area contributed by atoms with Gasteiger partial charge in [0.25, 0.3) is 5.89 Å². The van der Waals surface area contributed by atoms with Crippen LogP contribution in [0.2, 0.25) is 0 Å². The second-order valence-corrected chi connectivity index (χ2v) is 9.41. The highest BCUT2D eigenvalue weighted by Crippen LogP contribution is 2.38. The number of hydrogen-bond donors (Lipinski definition) is 1. The fraction of sp³-hybridized carbons (Fsp3) is 0.207. The summed E-state index contributed by atoms with van der Waals surface area (Å²) in [6.45, 7) is 9.11. The lowest BCUT2D eigenvalue weighted by molar-refractivity contribution is 0.396. The van der Waals surface area contributed by atoms with Gasteiger partial charge in [0.1, 0.15) is 0 Å². The lowest BCUT2D eigenvalue weighted by Crippen LogP contribution is -2.45. The van der Waals surface area contributed by atoms with E-state index in [1.54, 1.807) is 0 Å². The second-order valence-electron chi connectivity index (χ2n) is 9.03. The first-order valence-corrected chi connectivity index (χ1v) is 12.1. The molecule has 1 atom stereocenters. The predicted octanol–water partition coefficient (Wildman–Crippen LogP) is 6.52. The molecule has 1 unspecified atom stereocenters. The molecule has 0 bridgehead atoms. The Kier molecular flexibility index (Phi) is 6.22. The maximum absolute atomic E-state index is 5.88. The van der Waals surface area contributed by atoms with Gasteiger partial charge in [-0.2, -0.15) is 4.98 Å². The number of rotatable bonds is 5. The third kappa shape index (κ3) is 4.49. The van der Waals surface area contributed by atoms with E-state index >= 15 is 0 Å². The predicted molar refractivity (Wildman–Crippen MR) is 143 cm³/mol. The number of allylic oxidation sites excluding steroid dienone is 1. The Morgan fingerprint density at radius 3 is 2.37 bits per heavy atom. The zero-order valence-electron chi connectivity index (χ0n) is 20.4. The van der Waals surface area contributed by atoms with Crippen molar-refractivity contribution in [1.29, 1.82) is 0 Å². The molecule has 1 aromatic heterocycles. The standard InChI is InChI=1S/C29H28N4OS/c1-18-14-15-23(16-20(18)3)26-25(28-31-27(32-34-28)22-11-6-5-7-12-22)21(4)33(29(35)30-26)17-24-13-9-8-10-19(24)2/h5-16,26H,17H2,1-4H3,(H,30,35). The molecule has 3 aromatic carbocycles. The lowest BCUT2D eigenvalue weighted by atomic mass is 9.92. The van der Waals surface area contributed by atoms with Crippen LogP contribution in [-0.4, -0.2) is 20.2 Å². The molecule has 0 aliphatic carbocycles. The molecular formula is C29H28N4OS. The molecule has 0 radical (unpaired) electrons. The van der Waals surface area contributed by atoms with Crippen LogP contribution in [0.1, 0.15) is 46.7 Å². The fourth-order valence-corrected chi connectivity index (χ4v) is 4.76. The number of benzene rings is 3. The average molecular weight is 481 g/mol. The third-order valence-electron chi connectivity index (χ3n) is 6.74. The Morgan fingerprint density at radius 2 is 1.63 bits per heavy atom. The first-order valence-electron chi connectivity index (χ1n) is 11.7. The smallest absolute Gasteiger partial charge is 0.258 e. The molecular weight excluding hydrogens is 452 g/mol. The van der Waals surface area contributed by atoms with Gasteiger partial charge in [-0.3, -0.25) is 0 Å². The largest absolute Gasteiger partial charge is 0.351 e. The third-order valence-corrected chi connectivity index (χ3v) is 7.08. The molecule has 1 aliphatic heterocycles. The minimum atomic E-state index is -0.195. The van der Waals surface area contributed by atoms with Crippen LogP contribution < -0.4 is 5.32 Å². The van der Waals surface area contributed by atoms with Crippen LogP contribution in [0.4, 0.5) is 0 Å². The van der Waals surface area contributed by atoms with E-state index in [0.29, 0.717) is 23.4 Å². The molecule has 1 N–H and O–H groups in total. The average Bonchev–Trinajstić information content (AvgIpc) is 3.34. The summed E-state index contributed by atoms with van der Waals surface area (Å²) in [5, 5.41) is 8.55. The fourth-order valence-electron chi connectivity index (χ4n) is 4.44. The molecule has 6 heteroatoms. The van der Waals surface area contributed by atoms with Gasteiger partial charge in [0.2, 0.25) is 5.82 Å². The van der Waals surface area contributed by atoms with E-state index in [-0.39, 0.29) is 6.04 Å². The number of thiocarbonyl (C=S) groups is 1. The van der Waals surface area contributed by atoms with E-state index < -0.39 is 0 Å². The van der Waals surface area contributed by atoms with Gasteiger partial charge >= 0.3 is 0 Å². The molecule has 1 aliphatic rings. The number of aryl methyl sites for hydroxylation is 3. The summed E-state index contributed by atoms with van der Waals surface area (Å²) in [6.07, 6.45) is 0. The van der Waals surface area contributed by atoms with Crippen molar-refractivity contribution in [1.82, 2.24) is 20.4 Å². The van der Waals surface area contributed by atoms with Crippen molar-refractivity contribution in [2.75, 3.05) is 0 Å². The topological polar surface area (TPSA) is 54.2 Å². The summed E-state index contributed by atoms with van der Waals surface area (Å²) in [6, 6.07) is 24.5. The molecule has 0 saturated heterocycles. The molecule has 4 aromatic rings. The van der Waals surface area contributed by atoms with Gasteiger partial charge in [-0.1, -0.05) is 78.0 Å². The van der Waals surface area contributed by atoms with Crippen LogP contribution in [0.3, 0.4) is 0 Å². The van der Waals surface area contributed by atoms with Crippen molar-refractivity contribution in [2.45, 2.75) is 40.3 Å². The van der Waals surface area contributed by atoms with Gasteiger partial charge in [-0.15, -0.1) is 0 Å². The first-order chi connectivity index (χ1) is 16.9. The summed E-state index contributed by atoms with van der Waals surface area (Å²) in [5.74, 6) is 1.06. The molecule has 0 fully saturated rings. The molecule has 5 rings (SSSR count). The van der Waals surface area contributed by atoms with Crippen molar-refractivity contribution in [3.63, 3.8) is 0 Å². The van der Waals surface area contributed by atoms with Gasteiger partial charge in [0.05, 0.1) is 18.2 Å². The maximum Gasteiger partial charge on any atom is 0.258 e. The molecule has 0 amide bonds. The van der Waals surface area contributed by atoms with E-state index in [4.69, 9.17) is 21.7 Å². The summed E-state index contributed by atoms with van der Waals surface area (Å²) < 4.78 is 5.86. The van der Waals surface area contributed by atoms with Gasteiger partial charge in [0.15, 0.2) is 5.11 Å². The van der Waals surface area contributed by atoms with Crippen molar-refractivity contribution in [2.24, 2.45) is 0 Å². The van der Waals surface area contributed by atoms with Crippen LogP contribution in [0.15, 0.2) is 83.0 Å². The Morgan fingerprint density at radius 1 is 0.886 bits per heavy atom. The quantitative estimate of drug-likeness (QED) is 0.328. The highest BCUT2D eigenvalue weighted by molar-refractivity contribution is 7.80. The molecule has 0 saturated carbocycles. The zero-order chi connectivity index (χ0) is 24.5. The first kappa shape index (κ1) is 23.0. The Hall–Kier alpha value is -3.77. The zero-order valence-corrected chi connectivity index (χ0v) is 21.2. The second kappa shape index (κ2) is 9.47. The normalized spacial score (nSPS) is 15.9. The molecule has 0 spiro atoms. The van der Waals surface area contributed by atoms with E-state index in [1.807, 2.05) is 30.3 Å². The summed E-state index contributed by atoms with van der Waals surface area (Å²) in [4.78, 5) is 6.93. The molecule has 35 heavy (non-hydrogen) atoms. The van der Waals surface area contributed by atoms with Crippen molar-refractivity contribution in [3.8, 4) is 11.4 Å². The van der Waals surface area contributed by atoms with Gasteiger partial charge in [0, 0.05) is 11.3 Å². The SMILES string of the molecule is CC1=C(c2nc(-c3ccccc3)no2)C(c2ccc(C)c(C)c2)NC(=S)N1Cc1ccccc1C. The van der Waals surface area contributed by atoms with Crippen LogP contribution in [0, 0.1) is 20.8 Å². The highest BCUT2D eigenvalue weighted by Gasteiger charge is 2.34. The number of aromatic nitrogens is 2. The highest BCUT2D eigenvalue weighted by atomic mass is 32.1. The maximum atomic E-state index is 5.88. The summed E-state index contributed by atoms with van der Waals surface area (Å²) >= 11 is 5.88. The molecule has 5 nitrogen and oxygen atoms in total. The van der Waals surface area contributed by atoms with Crippen LogP contribution in [-0.2, 0) is 6.54 Å². The monoisotopic (exact) mass is 480 g/mol. The van der Waals surface area contributed by atoms with Crippen molar-refractivity contribution in [3.05, 3.63) is 112 Å². The Balaban J connectivity index is 1.62. The number of hydrogen-bond acceptors (Lipinski definition) is 4. The van der Waals surface area contributed by atoms with Gasteiger partial charge < -0.3 is 14.7 Å². The summed E-state index contributed by atoms with van der Waals surface area (Å²) in [7, 11) is 0.